The Morgan fingerprint density at radius 2 is 2.15 bits per heavy atom. The number of imidazole rings is 1. The van der Waals surface area contributed by atoms with Crippen LogP contribution in [0.25, 0.3) is 0 Å². The van der Waals surface area contributed by atoms with E-state index in [4.69, 9.17) is 0 Å². The summed E-state index contributed by atoms with van der Waals surface area (Å²) < 4.78 is 4.08. The molecule has 3 heterocycles. The fraction of sp³-hybridized carbons (Fsp3) is 0.632. The van der Waals surface area contributed by atoms with Crippen LogP contribution in [-0.2, 0) is 20.1 Å². The van der Waals surface area contributed by atoms with Crippen molar-refractivity contribution in [3.05, 3.63) is 35.2 Å². The fourth-order valence-electron chi connectivity index (χ4n) is 3.91. The van der Waals surface area contributed by atoms with Gasteiger partial charge in [0.1, 0.15) is 11.5 Å². The van der Waals surface area contributed by atoms with Gasteiger partial charge in [-0.05, 0) is 38.7 Å². The van der Waals surface area contributed by atoms with Gasteiger partial charge in [-0.25, -0.2) is 4.98 Å². The molecule has 7 heteroatoms. The molecule has 1 aliphatic carbocycles. The molecule has 2 aliphatic rings. The summed E-state index contributed by atoms with van der Waals surface area (Å²) in [5, 5.41) is 7.48. The normalized spacial score (nSPS) is 20.7. The first kappa shape index (κ1) is 17.3. The van der Waals surface area contributed by atoms with Crippen LogP contribution in [0.3, 0.4) is 0 Å². The minimum absolute atomic E-state index is 0.0418. The predicted octanol–water partition coefficient (Wildman–Crippen LogP) is 2.03. The summed E-state index contributed by atoms with van der Waals surface area (Å²) >= 11 is 0. The maximum absolute atomic E-state index is 12.4. The lowest BCUT2D eigenvalue weighted by molar-refractivity contribution is 0.0934. The summed E-state index contributed by atoms with van der Waals surface area (Å²) in [5.41, 5.74) is 2.79. The number of fused-ring (bicyclic) bond motifs is 1. The Kier molecular flexibility index (Phi) is 4.56. The molecule has 0 radical (unpaired) electrons. The summed E-state index contributed by atoms with van der Waals surface area (Å²) in [4.78, 5) is 19.5. The van der Waals surface area contributed by atoms with Crippen LogP contribution in [0.2, 0.25) is 0 Å². The van der Waals surface area contributed by atoms with E-state index < -0.39 is 0 Å². The number of aryl methyl sites for hydroxylation is 2. The van der Waals surface area contributed by atoms with Crippen LogP contribution >= 0.6 is 0 Å². The average Bonchev–Trinajstić information content (AvgIpc) is 3.12. The Morgan fingerprint density at radius 3 is 2.81 bits per heavy atom. The second-order valence-electron chi connectivity index (χ2n) is 7.73. The summed E-state index contributed by atoms with van der Waals surface area (Å²) in [6.07, 6.45) is 5.68. The van der Waals surface area contributed by atoms with Gasteiger partial charge in [0.05, 0.1) is 17.4 Å². The van der Waals surface area contributed by atoms with Crippen LogP contribution in [0, 0.1) is 12.8 Å². The highest BCUT2D eigenvalue weighted by Crippen LogP contribution is 2.27. The zero-order chi connectivity index (χ0) is 18.3. The Balaban J connectivity index is 1.44. The number of hydrogen-bond donors (Lipinski definition) is 1. The molecule has 0 saturated heterocycles. The molecule has 1 fully saturated rings. The molecule has 4 rings (SSSR count). The molecule has 0 spiro atoms. The van der Waals surface area contributed by atoms with E-state index >= 15 is 0 Å². The van der Waals surface area contributed by atoms with Gasteiger partial charge in [-0.2, -0.15) is 5.10 Å². The van der Waals surface area contributed by atoms with Crippen LogP contribution in [0.1, 0.15) is 59.9 Å². The lowest BCUT2D eigenvalue weighted by Crippen LogP contribution is -2.36. The monoisotopic (exact) mass is 356 g/mol. The molecule has 7 nitrogen and oxygen atoms in total. The van der Waals surface area contributed by atoms with Crippen LogP contribution in [0.4, 0.5) is 0 Å². The molecule has 140 valence electrons. The van der Waals surface area contributed by atoms with Crippen LogP contribution in [0.5, 0.6) is 0 Å². The van der Waals surface area contributed by atoms with E-state index in [0.717, 1.165) is 37.7 Å². The molecule has 1 aliphatic heterocycles. The zero-order valence-electron chi connectivity index (χ0n) is 15.9. The number of nitrogens with zero attached hydrogens (tertiary/aromatic N) is 5. The van der Waals surface area contributed by atoms with E-state index in [1.54, 1.807) is 0 Å². The second kappa shape index (κ2) is 6.87. The summed E-state index contributed by atoms with van der Waals surface area (Å²) in [7, 11) is 1.99. The fourth-order valence-corrected chi connectivity index (χ4v) is 3.91. The molecule has 0 aromatic carbocycles. The van der Waals surface area contributed by atoms with E-state index in [0.29, 0.717) is 11.6 Å². The van der Waals surface area contributed by atoms with Crippen LogP contribution in [0.15, 0.2) is 12.3 Å². The first-order valence-electron chi connectivity index (χ1n) is 9.60. The van der Waals surface area contributed by atoms with Crippen molar-refractivity contribution >= 4 is 5.91 Å². The van der Waals surface area contributed by atoms with Crippen molar-refractivity contribution in [1.82, 2.24) is 29.5 Å². The highest BCUT2D eigenvalue weighted by Gasteiger charge is 2.28. The van der Waals surface area contributed by atoms with Crippen molar-refractivity contribution in [3.63, 3.8) is 0 Å². The SMILES string of the molecule is Cc1cc(CN2CCn3cc(C(=O)NCC4CCC4)nc3C2C)n(C)n1. The van der Waals surface area contributed by atoms with Crippen LogP contribution < -0.4 is 5.32 Å². The minimum Gasteiger partial charge on any atom is -0.350 e. The Labute approximate surface area is 154 Å². The molecule has 1 unspecified atom stereocenters. The number of aromatic nitrogens is 4. The topological polar surface area (TPSA) is 68.0 Å². The molecular weight excluding hydrogens is 328 g/mol. The second-order valence-corrected chi connectivity index (χ2v) is 7.73. The average molecular weight is 356 g/mol. The van der Waals surface area contributed by atoms with E-state index in [1.807, 2.05) is 24.9 Å². The molecular formula is C19H28N6O. The van der Waals surface area contributed by atoms with Crippen molar-refractivity contribution in [2.75, 3.05) is 13.1 Å². The zero-order valence-corrected chi connectivity index (χ0v) is 15.9. The van der Waals surface area contributed by atoms with Crippen molar-refractivity contribution < 1.29 is 4.79 Å². The number of nitrogens with one attached hydrogen (secondary N) is 1. The molecule has 2 aromatic rings. The molecule has 2 aromatic heterocycles. The van der Waals surface area contributed by atoms with E-state index in [1.165, 1.54) is 25.0 Å². The molecule has 1 saturated carbocycles. The lowest BCUT2D eigenvalue weighted by Gasteiger charge is -2.33. The predicted molar refractivity (Wildman–Crippen MR) is 98.7 cm³/mol. The maximum atomic E-state index is 12.4. The van der Waals surface area contributed by atoms with E-state index in [9.17, 15) is 4.79 Å². The molecule has 1 amide bonds. The first-order chi connectivity index (χ1) is 12.5. The van der Waals surface area contributed by atoms with Gasteiger partial charge in [0.25, 0.3) is 5.91 Å². The smallest absolute Gasteiger partial charge is 0.271 e. The van der Waals surface area contributed by atoms with Crippen molar-refractivity contribution in [2.45, 2.75) is 52.2 Å². The molecule has 26 heavy (non-hydrogen) atoms. The Hall–Kier alpha value is -2.15. The van der Waals surface area contributed by atoms with Crippen molar-refractivity contribution in [1.29, 1.82) is 0 Å². The van der Waals surface area contributed by atoms with Crippen molar-refractivity contribution in [3.8, 4) is 0 Å². The van der Waals surface area contributed by atoms with Gasteiger partial charge < -0.3 is 9.88 Å². The number of carbonyl (C=O) groups is 1. The number of hydrogen-bond acceptors (Lipinski definition) is 4. The van der Waals surface area contributed by atoms with Crippen molar-refractivity contribution in [2.24, 2.45) is 13.0 Å². The van der Waals surface area contributed by atoms with Gasteiger partial charge in [0.15, 0.2) is 0 Å². The van der Waals surface area contributed by atoms with Gasteiger partial charge in [0, 0.05) is 39.4 Å². The summed E-state index contributed by atoms with van der Waals surface area (Å²) in [6, 6.07) is 2.31. The van der Waals surface area contributed by atoms with Crippen LogP contribution in [-0.4, -0.2) is 43.2 Å². The third-order valence-corrected chi connectivity index (χ3v) is 5.83. The molecule has 0 bridgehead atoms. The number of carbonyl (C=O) groups excluding carboxylic acids is 1. The Bertz CT molecular complexity index is 803. The summed E-state index contributed by atoms with van der Waals surface area (Å²) in [6.45, 7) is 7.61. The lowest BCUT2D eigenvalue weighted by atomic mass is 9.85. The van der Waals surface area contributed by atoms with Gasteiger partial charge >= 0.3 is 0 Å². The largest absolute Gasteiger partial charge is 0.350 e. The maximum Gasteiger partial charge on any atom is 0.271 e. The van der Waals surface area contributed by atoms with Gasteiger partial charge in [-0.3, -0.25) is 14.4 Å². The third-order valence-electron chi connectivity index (χ3n) is 5.83. The standard InChI is InChI=1S/C19H28N6O/c1-13-9-16(23(3)22-13)11-24-7-8-25-12-17(21-18(25)14(24)2)19(26)20-10-15-5-4-6-15/h9,12,14-15H,4-8,10-11H2,1-3H3,(H,20,26). The van der Waals surface area contributed by atoms with Gasteiger partial charge in [-0.1, -0.05) is 6.42 Å². The minimum atomic E-state index is -0.0418. The Morgan fingerprint density at radius 1 is 1.35 bits per heavy atom. The van der Waals surface area contributed by atoms with Gasteiger partial charge in [0.2, 0.25) is 0 Å². The number of rotatable bonds is 5. The van der Waals surface area contributed by atoms with E-state index in [-0.39, 0.29) is 11.9 Å². The highest BCUT2D eigenvalue weighted by atomic mass is 16.1. The molecule has 1 N–H and O–H groups in total. The van der Waals surface area contributed by atoms with E-state index in [2.05, 4.69) is 37.9 Å². The molecule has 1 atom stereocenters. The quantitative estimate of drug-likeness (QED) is 0.890. The summed E-state index contributed by atoms with van der Waals surface area (Å²) in [5.74, 6) is 1.59. The third kappa shape index (κ3) is 3.28. The number of amides is 1. The van der Waals surface area contributed by atoms with Gasteiger partial charge in [-0.15, -0.1) is 0 Å². The highest BCUT2D eigenvalue weighted by molar-refractivity contribution is 5.92. The first-order valence-corrected chi connectivity index (χ1v) is 9.60.